The summed E-state index contributed by atoms with van der Waals surface area (Å²) in [7, 11) is 0. The first-order valence-corrected chi connectivity index (χ1v) is 9.58. The molecule has 1 fully saturated rings. The number of likely N-dealkylation sites (tertiary alicyclic amines) is 1. The number of hydrogen-bond donors (Lipinski definition) is 0. The molecule has 0 aliphatic carbocycles. The molecule has 1 aliphatic heterocycles. The monoisotopic (exact) mass is 355 g/mol. The molecule has 25 heavy (non-hydrogen) atoms. The number of carbonyl (C=O) groups is 1. The molecule has 2 unspecified atom stereocenters. The Morgan fingerprint density at radius 1 is 1.40 bits per heavy atom. The van der Waals surface area contributed by atoms with E-state index >= 15 is 0 Å². The molecule has 3 aromatic rings. The highest BCUT2D eigenvalue weighted by atomic mass is 32.1. The number of furan rings is 1. The second-order valence-electron chi connectivity index (χ2n) is 6.65. The Balaban J connectivity index is 1.66. The van der Waals surface area contributed by atoms with Gasteiger partial charge in [0.2, 0.25) is 0 Å². The standard InChI is InChI=1S/C19H21N3O2S/c1-3-13-6-7-16(24-13)15-11-12(2)8-10-22(15)19(23)18-21-14-5-4-9-20-17(14)25-18/h4-7,9,12,15H,3,8,10-11H2,1-2H3. The number of nitrogens with zero attached hydrogens (tertiary/aromatic N) is 3. The van der Waals surface area contributed by atoms with E-state index in [1.165, 1.54) is 11.3 Å². The Morgan fingerprint density at radius 2 is 2.28 bits per heavy atom. The zero-order valence-corrected chi connectivity index (χ0v) is 15.3. The van der Waals surface area contributed by atoms with Gasteiger partial charge in [-0.1, -0.05) is 25.2 Å². The molecule has 0 saturated carbocycles. The van der Waals surface area contributed by atoms with Gasteiger partial charge >= 0.3 is 0 Å². The molecule has 6 heteroatoms. The van der Waals surface area contributed by atoms with Crippen molar-refractivity contribution in [3.63, 3.8) is 0 Å². The average molecular weight is 355 g/mol. The van der Waals surface area contributed by atoms with Crippen molar-refractivity contribution in [2.75, 3.05) is 6.54 Å². The van der Waals surface area contributed by atoms with Crippen LogP contribution in [0.3, 0.4) is 0 Å². The lowest BCUT2D eigenvalue weighted by molar-refractivity contribution is 0.0518. The van der Waals surface area contributed by atoms with Gasteiger partial charge < -0.3 is 9.32 Å². The van der Waals surface area contributed by atoms with Crippen LogP contribution in [0.2, 0.25) is 0 Å². The maximum absolute atomic E-state index is 13.1. The van der Waals surface area contributed by atoms with Crippen molar-refractivity contribution >= 4 is 27.6 Å². The molecular weight excluding hydrogens is 334 g/mol. The summed E-state index contributed by atoms with van der Waals surface area (Å²) in [6.07, 6.45) is 4.52. The molecule has 130 valence electrons. The molecule has 4 heterocycles. The highest BCUT2D eigenvalue weighted by Crippen LogP contribution is 2.36. The van der Waals surface area contributed by atoms with Crippen LogP contribution in [0.1, 0.15) is 54.1 Å². The number of carbonyl (C=O) groups excluding carboxylic acids is 1. The molecule has 0 radical (unpaired) electrons. The average Bonchev–Trinajstić information content (AvgIpc) is 3.27. The zero-order chi connectivity index (χ0) is 17.4. The summed E-state index contributed by atoms with van der Waals surface area (Å²) in [5, 5.41) is 0.510. The van der Waals surface area contributed by atoms with Crippen LogP contribution in [0, 0.1) is 5.92 Å². The second-order valence-corrected chi connectivity index (χ2v) is 7.63. The lowest BCUT2D eigenvalue weighted by Crippen LogP contribution is -2.40. The summed E-state index contributed by atoms with van der Waals surface area (Å²) in [5.74, 6) is 2.40. The molecule has 0 bridgehead atoms. The third kappa shape index (κ3) is 3.06. The van der Waals surface area contributed by atoms with Gasteiger partial charge in [-0.2, -0.15) is 0 Å². The molecule has 3 aromatic heterocycles. The van der Waals surface area contributed by atoms with Gasteiger partial charge in [0, 0.05) is 19.2 Å². The largest absolute Gasteiger partial charge is 0.464 e. The first-order valence-electron chi connectivity index (χ1n) is 8.77. The molecule has 0 N–H and O–H groups in total. The van der Waals surface area contributed by atoms with E-state index in [-0.39, 0.29) is 11.9 Å². The Kier molecular flexibility index (Phi) is 4.29. The quantitative estimate of drug-likeness (QED) is 0.696. The van der Waals surface area contributed by atoms with Crippen LogP contribution in [0.15, 0.2) is 34.9 Å². The van der Waals surface area contributed by atoms with Crippen LogP contribution in [0.25, 0.3) is 10.3 Å². The minimum absolute atomic E-state index is 0.0171. The minimum Gasteiger partial charge on any atom is -0.464 e. The minimum atomic E-state index is -0.0191. The Labute approximate surface area is 150 Å². The van der Waals surface area contributed by atoms with Crippen molar-refractivity contribution in [3.05, 3.63) is 47.0 Å². The SMILES string of the molecule is CCc1ccc(C2CC(C)CCN2C(=O)c2nc3cccnc3s2)o1. The number of hydrogen-bond acceptors (Lipinski definition) is 5. The Bertz CT molecular complexity index is 868. The smallest absolute Gasteiger partial charge is 0.283 e. The van der Waals surface area contributed by atoms with Crippen molar-refractivity contribution in [2.45, 2.75) is 39.2 Å². The fourth-order valence-corrected chi connectivity index (χ4v) is 4.27. The molecule has 0 spiro atoms. The third-order valence-corrected chi connectivity index (χ3v) is 5.80. The van der Waals surface area contributed by atoms with Crippen molar-refractivity contribution in [3.8, 4) is 0 Å². The van der Waals surface area contributed by atoms with Crippen LogP contribution in [0.5, 0.6) is 0 Å². The predicted molar refractivity (Wildman–Crippen MR) is 97.7 cm³/mol. The first-order chi connectivity index (χ1) is 12.2. The van der Waals surface area contributed by atoms with Crippen LogP contribution < -0.4 is 0 Å². The third-order valence-electron chi connectivity index (χ3n) is 4.83. The topological polar surface area (TPSA) is 59.2 Å². The highest BCUT2D eigenvalue weighted by molar-refractivity contribution is 7.19. The molecule has 5 nitrogen and oxygen atoms in total. The van der Waals surface area contributed by atoms with Crippen LogP contribution in [-0.4, -0.2) is 27.3 Å². The summed E-state index contributed by atoms with van der Waals surface area (Å²) < 4.78 is 5.97. The van der Waals surface area contributed by atoms with Crippen molar-refractivity contribution in [1.29, 1.82) is 0 Å². The summed E-state index contributed by atoms with van der Waals surface area (Å²) >= 11 is 1.36. The van der Waals surface area contributed by atoms with E-state index in [0.29, 0.717) is 10.9 Å². The van der Waals surface area contributed by atoms with Gasteiger partial charge in [0.05, 0.1) is 6.04 Å². The number of rotatable bonds is 3. The summed E-state index contributed by atoms with van der Waals surface area (Å²) in [4.78, 5) is 24.7. The molecular formula is C19H21N3O2S. The van der Waals surface area contributed by atoms with Crippen molar-refractivity contribution < 1.29 is 9.21 Å². The summed E-state index contributed by atoms with van der Waals surface area (Å²) in [6.45, 7) is 5.04. The first kappa shape index (κ1) is 16.3. The molecule has 4 rings (SSSR count). The maximum atomic E-state index is 13.1. The van der Waals surface area contributed by atoms with Crippen molar-refractivity contribution in [1.82, 2.24) is 14.9 Å². The lowest BCUT2D eigenvalue weighted by Gasteiger charge is -2.37. The number of piperidine rings is 1. The van der Waals surface area contributed by atoms with E-state index in [1.807, 2.05) is 29.2 Å². The van der Waals surface area contributed by atoms with E-state index < -0.39 is 0 Å². The van der Waals surface area contributed by atoms with E-state index in [0.717, 1.165) is 47.7 Å². The van der Waals surface area contributed by atoms with Crippen molar-refractivity contribution in [2.24, 2.45) is 5.92 Å². The molecule has 1 saturated heterocycles. The number of aryl methyl sites for hydroxylation is 1. The van der Waals surface area contributed by atoms with Gasteiger partial charge in [-0.3, -0.25) is 4.79 Å². The normalized spacial score (nSPS) is 21.0. The van der Waals surface area contributed by atoms with Gasteiger partial charge in [0.25, 0.3) is 5.91 Å². The van der Waals surface area contributed by atoms with Gasteiger partial charge in [-0.05, 0) is 43.0 Å². The number of fused-ring (bicyclic) bond motifs is 1. The predicted octanol–water partition coefficient (Wildman–Crippen LogP) is 4.46. The van der Waals surface area contributed by atoms with Crippen LogP contribution >= 0.6 is 11.3 Å². The Morgan fingerprint density at radius 3 is 3.04 bits per heavy atom. The van der Waals surface area contributed by atoms with E-state index in [4.69, 9.17) is 4.42 Å². The fraction of sp³-hybridized carbons (Fsp3) is 0.421. The molecule has 1 aliphatic rings. The maximum Gasteiger partial charge on any atom is 0.283 e. The number of amides is 1. The van der Waals surface area contributed by atoms with E-state index in [2.05, 4.69) is 23.8 Å². The lowest BCUT2D eigenvalue weighted by atomic mass is 9.91. The highest BCUT2D eigenvalue weighted by Gasteiger charge is 2.34. The summed E-state index contributed by atoms with van der Waals surface area (Å²) in [5.41, 5.74) is 0.782. The van der Waals surface area contributed by atoms with E-state index in [9.17, 15) is 4.79 Å². The second kappa shape index (κ2) is 6.59. The summed E-state index contributed by atoms with van der Waals surface area (Å²) in [6, 6.07) is 7.75. The molecule has 0 aromatic carbocycles. The molecule has 1 amide bonds. The number of thiazole rings is 1. The van der Waals surface area contributed by atoms with Gasteiger partial charge in [-0.25, -0.2) is 9.97 Å². The van der Waals surface area contributed by atoms with Gasteiger partial charge in [-0.15, -0.1) is 0 Å². The van der Waals surface area contributed by atoms with Gasteiger partial charge in [0.15, 0.2) is 5.01 Å². The van der Waals surface area contributed by atoms with E-state index in [1.54, 1.807) is 6.20 Å². The zero-order valence-electron chi connectivity index (χ0n) is 14.4. The fourth-order valence-electron chi connectivity index (χ4n) is 3.40. The number of aromatic nitrogens is 2. The van der Waals surface area contributed by atoms with Crippen LogP contribution in [-0.2, 0) is 6.42 Å². The Hall–Kier alpha value is -2.21. The molecule has 2 atom stereocenters. The number of pyridine rings is 1. The van der Waals surface area contributed by atoms with Crippen LogP contribution in [0.4, 0.5) is 0 Å². The van der Waals surface area contributed by atoms with Gasteiger partial charge in [0.1, 0.15) is 21.9 Å².